The van der Waals surface area contributed by atoms with E-state index in [2.05, 4.69) is 28.9 Å². The molecule has 0 bridgehead atoms. The molecule has 1 atom stereocenters. The van der Waals surface area contributed by atoms with E-state index in [1.807, 2.05) is 0 Å². The van der Waals surface area contributed by atoms with E-state index in [0.717, 1.165) is 19.4 Å². The number of rotatable bonds is 4. The predicted octanol–water partition coefficient (Wildman–Crippen LogP) is 1.69. The Bertz CT molecular complexity index is 376. The Morgan fingerprint density at radius 1 is 1.53 bits per heavy atom. The smallest absolute Gasteiger partial charge is 0.235 e. The normalized spacial score (nSPS) is 21.9. The summed E-state index contributed by atoms with van der Waals surface area (Å²) in [4.78, 5) is 17.0. The summed E-state index contributed by atoms with van der Waals surface area (Å²) < 4.78 is 5.07. The van der Waals surface area contributed by atoms with Crippen molar-refractivity contribution in [2.75, 3.05) is 6.54 Å². The summed E-state index contributed by atoms with van der Waals surface area (Å²) in [7, 11) is 0. The van der Waals surface area contributed by atoms with Gasteiger partial charge in [-0.05, 0) is 33.2 Å². The van der Waals surface area contributed by atoms with Crippen LogP contribution >= 0.6 is 0 Å². The van der Waals surface area contributed by atoms with Gasteiger partial charge in [0.2, 0.25) is 11.7 Å². The van der Waals surface area contributed by atoms with Gasteiger partial charge in [-0.3, -0.25) is 9.69 Å². The second kappa shape index (κ2) is 5.40. The van der Waals surface area contributed by atoms with Crippen LogP contribution in [0.3, 0.4) is 0 Å². The Morgan fingerprint density at radius 2 is 2.35 bits per heavy atom. The Balaban J connectivity index is 2.02. The van der Waals surface area contributed by atoms with E-state index in [-0.39, 0.29) is 5.82 Å². The number of likely N-dealkylation sites (tertiary alicyclic amines) is 1. The van der Waals surface area contributed by atoms with Crippen LogP contribution in [0.4, 0.5) is 0 Å². The number of carbonyl (C=O) groups is 1. The zero-order chi connectivity index (χ0) is 12.3. The predicted molar refractivity (Wildman–Crippen MR) is 62.9 cm³/mol. The van der Waals surface area contributed by atoms with Crippen molar-refractivity contribution >= 4 is 6.29 Å². The van der Waals surface area contributed by atoms with Crippen molar-refractivity contribution in [1.29, 1.82) is 0 Å². The average molecular weight is 237 g/mol. The molecule has 1 fully saturated rings. The molecule has 5 nitrogen and oxygen atoms in total. The lowest BCUT2D eigenvalue weighted by atomic mass is 9.98. The Morgan fingerprint density at radius 3 is 3.00 bits per heavy atom. The van der Waals surface area contributed by atoms with Crippen molar-refractivity contribution in [3.63, 3.8) is 0 Å². The highest BCUT2D eigenvalue weighted by molar-refractivity contribution is 5.68. The lowest BCUT2D eigenvalue weighted by molar-refractivity contribution is 0.105. The van der Waals surface area contributed by atoms with Crippen molar-refractivity contribution in [3.05, 3.63) is 11.7 Å². The SMILES string of the molecule is CC(C)N1CCCCC1Cc1nc(C=O)no1. The second-order valence-electron chi connectivity index (χ2n) is 4.85. The van der Waals surface area contributed by atoms with Crippen LogP contribution in [-0.2, 0) is 6.42 Å². The summed E-state index contributed by atoms with van der Waals surface area (Å²) in [6.45, 7) is 5.56. The molecule has 1 aliphatic heterocycles. The first-order chi connectivity index (χ1) is 8.20. The summed E-state index contributed by atoms with van der Waals surface area (Å²) in [6.07, 6.45) is 5.05. The van der Waals surface area contributed by atoms with Gasteiger partial charge in [-0.15, -0.1) is 0 Å². The van der Waals surface area contributed by atoms with Crippen LogP contribution in [0.5, 0.6) is 0 Å². The van der Waals surface area contributed by atoms with E-state index >= 15 is 0 Å². The fraction of sp³-hybridized carbons (Fsp3) is 0.750. The van der Waals surface area contributed by atoms with Gasteiger partial charge in [0.25, 0.3) is 0 Å². The molecule has 1 aliphatic rings. The van der Waals surface area contributed by atoms with Crippen molar-refractivity contribution in [1.82, 2.24) is 15.0 Å². The van der Waals surface area contributed by atoms with Crippen LogP contribution in [0.1, 0.15) is 49.6 Å². The first-order valence-electron chi connectivity index (χ1n) is 6.24. The molecule has 1 unspecified atom stereocenters. The summed E-state index contributed by atoms with van der Waals surface area (Å²) >= 11 is 0. The molecule has 0 aliphatic carbocycles. The lowest BCUT2D eigenvalue weighted by Crippen LogP contribution is -2.45. The molecular formula is C12H19N3O2. The molecule has 0 spiro atoms. The molecular weight excluding hydrogens is 218 g/mol. The highest BCUT2D eigenvalue weighted by atomic mass is 16.5. The highest BCUT2D eigenvalue weighted by Gasteiger charge is 2.26. The highest BCUT2D eigenvalue weighted by Crippen LogP contribution is 2.22. The van der Waals surface area contributed by atoms with E-state index in [1.54, 1.807) is 0 Å². The summed E-state index contributed by atoms with van der Waals surface area (Å²) in [6, 6.07) is 0.998. The topological polar surface area (TPSA) is 59.2 Å². The van der Waals surface area contributed by atoms with Crippen molar-refractivity contribution in [2.45, 2.75) is 51.6 Å². The van der Waals surface area contributed by atoms with Crippen LogP contribution in [0.15, 0.2) is 4.52 Å². The number of carbonyl (C=O) groups excluding carboxylic acids is 1. The van der Waals surface area contributed by atoms with Gasteiger partial charge >= 0.3 is 0 Å². The van der Waals surface area contributed by atoms with Gasteiger partial charge in [0, 0.05) is 18.5 Å². The summed E-state index contributed by atoms with van der Waals surface area (Å²) in [5.41, 5.74) is 0. The van der Waals surface area contributed by atoms with Gasteiger partial charge in [-0.2, -0.15) is 4.98 Å². The van der Waals surface area contributed by atoms with Gasteiger partial charge in [-0.25, -0.2) is 0 Å². The molecule has 2 rings (SSSR count). The second-order valence-corrected chi connectivity index (χ2v) is 4.85. The fourth-order valence-corrected chi connectivity index (χ4v) is 2.52. The largest absolute Gasteiger partial charge is 0.339 e. The summed E-state index contributed by atoms with van der Waals surface area (Å²) in [5.74, 6) is 0.719. The van der Waals surface area contributed by atoms with Crippen LogP contribution in [0.25, 0.3) is 0 Å². The van der Waals surface area contributed by atoms with Gasteiger partial charge in [0.05, 0.1) is 0 Å². The number of hydrogen-bond donors (Lipinski definition) is 0. The molecule has 0 N–H and O–H groups in total. The third-order valence-electron chi connectivity index (χ3n) is 3.34. The van der Waals surface area contributed by atoms with E-state index in [4.69, 9.17) is 4.52 Å². The zero-order valence-corrected chi connectivity index (χ0v) is 10.4. The molecule has 17 heavy (non-hydrogen) atoms. The Hall–Kier alpha value is -1.23. The maximum absolute atomic E-state index is 10.5. The van der Waals surface area contributed by atoms with Gasteiger partial charge in [0.15, 0.2) is 6.29 Å². The third kappa shape index (κ3) is 2.91. The van der Waals surface area contributed by atoms with Crippen molar-refractivity contribution in [3.8, 4) is 0 Å². The Labute approximate surface area is 101 Å². The molecule has 1 saturated heterocycles. The van der Waals surface area contributed by atoms with Gasteiger partial charge in [-0.1, -0.05) is 11.6 Å². The minimum atomic E-state index is 0.145. The molecule has 0 amide bonds. The lowest BCUT2D eigenvalue weighted by Gasteiger charge is -2.38. The third-order valence-corrected chi connectivity index (χ3v) is 3.34. The average Bonchev–Trinajstić information content (AvgIpc) is 2.77. The van der Waals surface area contributed by atoms with E-state index in [0.29, 0.717) is 24.3 Å². The number of nitrogens with zero attached hydrogens (tertiary/aromatic N) is 3. The minimum Gasteiger partial charge on any atom is -0.339 e. The first-order valence-corrected chi connectivity index (χ1v) is 6.24. The van der Waals surface area contributed by atoms with E-state index < -0.39 is 0 Å². The van der Waals surface area contributed by atoms with Crippen LogP contribution in [0, 0.1) is 0 Å². The number of hydrogen-bond acceptors (Lipinski definition) is 5. The maximum Gasteiger partial charge on any atom is 0.235 e. The number of piperidine rings is 1. The molecule has 94 valence electrons. The zero-order valence-electron chi connectivity index (χ0n) is 10.4. The number of aromatic nitrogens is 2. The Kier molecular flexibility index (Phi) is 3.89. The van der Waals surface area contributed by atoms with E-state index in [1.165, 1.54) is 12.8 Å². The van der Waals surface area contributed by atoms with Crippen LogP contribution < -0.4 is 0 Å². The first kappa shape index (κ1) is 12.2. The summed E-state index contributed by atoms with van der Waals surface area (Å²) in [5, 5.41) is 3.60. The standard InChI is InChI=1S/C12H19N3O2/c1-9(2)15-6-4-3-5-10(15)7-12-13-11(8-16)14-17-12/h8-10H,3-7H2,1-2H3. The molecule has 1 aromatic rings. The molecule has 0 saturated carbocycles. The molecule has 0 radical (unpaired) electrons. The van der Waals surface area contributed by atoms with Crippen LogP contribution in [-0.4, -0.2) is 40.0 Å². The van der Waals surface area contributed by atoms with Crippen molar-refractivity contribution in [2.24, 2.45) is 0 Å². The van der Waals surface area contributed by atoms with Gasteiger partial charge in [0.1, 0.15) is 0 Å². The fourth-order valence-electron chi connectivity index (χ4n) is 2.52. The molecule has 1 aromatic heterocycles. The molecule has 2 heterocycles. The number of aldehydes is 1. The van der Waals surface area contributed by atoms with Gasteiger partial charge < -0.3 is 4.52 Å². The maximum atomic E-state index is 10.5. The van der Waals surface area contributed by atoms with Crippen LogP contribution in [0.2, 0.25) is 0 Å². The monoisotopic (exact) mass is 237 g/mol. The van der Waals surface area contributed by atoms with Crippen molar-refractivity contribution < 1.29 is 9.32 Å². The molecule has 5 heteroatoms. The van der Waals surface area contributed by atoms with E-state index in [9.17, 15) is 4.79 Å². The minimum absolute atomic E-state index is 0.145. The molecule has 0 aromatic carbocycles. The quantitative estimate of drug-likeness (QED) is 0.746.